The monoisotopic (exact) mass is 546 g/mol. The summed E-state index contributed by atoms with van der Waals surface area (Å²) < 4.78 is 11.4. The number of rotatable bonds is 6. The molecule has 0 radical (unpaired) electrons. The van der Waals surface area contributed by atoms with Crippen LogP contribution in [-0.4, -0.2) is 67.1 Å². The van der Waals surface area contributed by atoms with Crippen LogP contribution < -0.4 is 4.74 Å². The van der Waals surface area contributed by atoms with Gasteiger partial charge in [0.25, 0.3) is 0 Å². The predicted molar refractivity (Wildman–Crippen MR) is 160 cm³/mol. The lowest BCUT2D eigenvalue weighted by Crippen LogP contribution is -2.61. The normalized spacial score (nSPS) is 19.0. The number of methoxy groups -OCH3 is 1. The number of carbonyl (C=O) groups is 2. The highest BCUT2D eigenvalue weighted by atomic mass is 16.6. The van der Waals surface area contributed by atoms with Gasteiger partial charge in [0.2, 0.25) is 0 Å². The van der Waals surface area contributed by atoms with Crippen LogP contribution in [0, 0.1) is 0 Å². The van der Waals surface area contributed by atoms with Crippen molar-refractivity contribution in [2.75, 3.05) is 33.4 Å². The van der Waals surface area contributed by atoms with Crippen LogP contribution in [0.1, 0.15) is 46.7 Å². The maximum Gasteiger partial charge on any atom is 0.410 e. The molecule has 6 nitrogen and oxygen atoms in total. The molecule has 1 saturated carbocycles. The average Bonchev–Trinajstić information content (AvgIpc) is 3.31. The van der Waals surface area contributed by atoms with E-state index in [9.17, 15) is 9.59 Å². The van der Waals surface area contributed by atoms with Gasteiger partial charge in [-0.2, -0.15) is 0 Å². The van der Waals surface area contributed by atoms with E-state index >= 15 is 0 Å². The van der Waals surface area contributed by atoms with E-state index in [1.54, 1.807) is 12.0 Å². The zero-order chi connectivity index (χ0) is 27.9. The number of fused-ring (bicyclic) bond motifs is 4. The van der Waals surface area contributed by atoms with Crippen LogP contribution in [0.15, 0.2) is 84.9 Å². The molecule has 4 aromatic rings. The quantitative estimate of drug-likeness (QED) is 0.258. The molecular formula is C35H34N2O4. The van der Waals surface area contributed by atoms with Crippen LogP contribution in [-0.2, 0) is 4.74 Å². The van der Waals surface area contributed by atoms with Gasteiger partial charge < -0.3 is 9.47 Å². The Morgan fingerprint density at radius 3 is 2.20 bits per heavy atom. The summed E-state index contributed by atoms with van der Waals surface area (Å²) in [4.78, 5) is 31.8. The lowest BCUT2D eigenvalue weighted by atomic mass is 9.89. The van der Waals surface area contributed by atoms with Crippen LogP contribution in [0.2, 0.25) is 0 Å². The molecule has 41 heavy (non-hydrogen) atoms. The first-order valence-corrected chi connectivity index (χ1v) is 14.6. The minimum absolute atomic E-state index is 0.0192. The van der Waals surface area contributed by atoms with Crippen LogP contribution in [0.3, 0.4) is 0 Å². The molecule has 0 spiro atoms. The molecular weight excluding hydrogens is 512 g/mol. The van der Waals surface area contributed by atoms with Crippen molar-refractivity contribution in [3.8, 4) is 16.9 Å². The zero-order valence-electron chi connectivity index (χ0n) is 23.3. The molecule has 6 heteroatoms. The van der Waals surface area contributed by atoms with Crippen LogP contribution in [0.4, 0.5) is 4.79 Å². The first-order valence-electron chi connectivity index (χ1n) is 14.6. The van der Waals surface area contributed by atoms with Gasteiger partial charge in [-0.05, 0) is 64.1 Å². The Balaban J connectivity index is 1.13. The van der Waals surface area contributed by atoms with Crippen molar-refractivity contribution in [1.82, 2.24) is 9.80 Å². The maximum atomic E-state index is 14.0. The molecule has 2 fully saturated rings. The standard InChI is InChI=1S/C35H34N2O4/c1-40-27-16-15-23-19-25(14-13-24(23)20-27)34(38)33-21-36(26-7-6-8-26)17-18-37(33)35(39)41-22-32-30-11-4-2-9-28(30)29-10-3-5-12-31(29)32/h2-5,9-16,19-20,26,32-33H,6-8,17-18,21-22H2,1H3. The van der Waals surface area contributed by atoms with E-state index in [1.165, 1.54) is 28.7 Å². The molecule has 3 aliphatic rings. The fraction of sp³-hybridized carbons (Fsp3) is 0.314. The van der Waals surface area contributed by atoms with Gasteiger partial charge in [0.1, 0.15) is 18.4 Å². The molecule has 0 bridgehead atoms. The fourth-order valence-electron chi connectivity index (χ4n) is 6.70. The molecule has 1 amide bonds. The summed E-state index contributed by atoms with van der Waals surface area (Å²) in [6, 6.07) is 28.1. The molecule has 0 N–H and O–H groups in total. The number of piperazine rings is 1. The van der Waals surface area contributed by atoms with Crippen LogP contribution in [0.5, 0.6) is 5.75 Å². The summed E-state index contributed by atoms with van der Waals surface area (Å²) >= 11 is 0. The summed E-state index contributed by atoms with van der Waals surface area (Å²) in [5.41, 5.74) is 5.36. The first-order chi connectivity index (χ1) is 20.1. The lowest BCUT2D eigenvalue weighted by molar-refractivity contribution is 0.0166. The second-order valence-electron chi connectivity index (χ2n) is 11.4. The van der Waals surface area contributed by atoms with Gasteiger partial charge in [-0.3, -0.25) is 14.6 Å². The third kappa shape index (κ3) is 4.66. The number of carbonyl (C=O) groups excluding carboxylic acids is 2. The number of nitrogens with zero attached hydrogens (tertiary/aromatic N) is 2. The second-order valence-corrected chi connectivity index (χ2v) is 11.4. The third-order valence-corrected chi connectivity index (χ3v) is 9.21. The number of Topliss-reactive ketones (excluding diaryl/α,β-unsaturated/α-hetero) is 1. The van der Waals surface area contributed by atoms with E-state index < -0.39 is 12.1 Å². The van der Waals surface area contributed by atoms with Crippen molar-refractivity contribution in [1.29, 1.82) is 0 Å². The highest BCUT2D eigenvalue weighted by Gasteiger charge is 2.40. The molecule has 1 atom stereocenters. The highest BCUT2D eigenvalue weighted by molar-refractivity contribution is 6.04. The summed E-state index contributed by atoms with van der Waals surface area (Å²) in [7, 11) is 1.65. The number of benzene rings is 4. The van der Waals surface area contributed by atoms with Gasteiger partial charge in [0, 0.05) is 37.2 Å². The number of ketones is 1. The summed E-state index contributed by atoms with van der Waals surface area (Å²) in [5, 5.41) is 1.98. The summed E-state index contributed by atoms with van der Waals surface area (Å²) in [6.07, 6.45) is 3.13. The van der Waals surface area contributed by atoms with E-state index in [1.807, 2.05) is 60.7 Å². The molecule has 208 valence electrons. The van der Waals surface area contributed by atoms with Crippen molar-refractivity contribution in [3.63, 3.8) is 0 Å². The Kier molecular flexibility index (Phi) is 6.71. The number of hydrogen-bond donors (Lipinski definition) is 0. The molecule has 7 rings (SSSR count). The van der Waals surface area contributed by atoms with Crippen molar-refractivity contribution in [2.45, 2.75) is 37.3 Å². The van der Waals surface area contributed by atoms with Crippen LogP contribution >= 0.6 is 0 Å². The van der Waals surface area contributed by atoms with Crippen molar-refractivity contribution in [2.24, 2.45) is 0 Å². The van der Waals surface area contributed by atoms with E-state index in [4.69, 9.17) is 9.47 Å². The average molecular weight is 547 g/mol. The van der Waals surface area contributed by atoms with Crippen molar-refractivity contribution in [3.05, 3.63) is 102 Å². The van der Waals surface area contributed by atoms with E-state index in [2.05, 4.69) is 29.2 Å². The number of ether oxygens (including phenoxy) is 2. The largest absolute Gasteiger partial charge is 0.497 e. The van der Waals surface area contributed by atoms with Gasteiger partial charge in [-0.25, -0.2) is 4.79 Å². The van der Waals surface area contributed by atoms with Gasteiger partial charge in [-0.1, -0.05) is 73.2 Å². The Morgan fingerprint density at radius 2 is 1.51 bits per heavy atom. The van der Waals surface area contributed by atoms with E-state index in [-0.39, 0.29) is 18.3 Å². The maximum absolute atomic E-state index is 14.0. The smallest absolute Gasteiger partial charge is 0.410 e. The topological polar surface area (TPSA) is 59.1 Å². The minimum atomic E-state index is -0.587. The van der Waals surface area contributed by atoms with Crippen LogP contribution in [0.25, 0.3) is 21.9 Å². The first kappa shape index (κ1) is 25.8. The molecule has 1 heterocycles. The van der Waals surface area contributed by atoms with Gasteiger partial charge in [-0.15, -0.1) is 0 Å². The van der Waals surface area contributed by atoms with Gasteiger partial charge in [0.05, 0.1) is 7.11 Å². The Bertz CT molecular complexity index is 1580. The lowest BCUT2D eigenvalue weighted by Gasteiger charge is -2.46. The SMILES string of the molecule is COc1ccc2cc(C(=O)C3CN(C4CCC4)CCN3C(=O)OCC3c4ccccc4-c4ccccc43)ccc2c1. The van der Waals surface area contributed by atoms with E-state index in [0.29, 0.717) is 24.7 Å². The molecule has 0 aromatic heterocycles. The third-order valence-electron chi connectivity index (χ3n) is 9.21. The molecule has 1 unspecified atom stereocenters. The molecule has 1 aliphatic heterocycles. The van der Waals surface area contributed by atoms with Crippen molar-refractivity contribution >= 4 is 22.6 Å². The summed E-state index contributed by atoms with van der Waals surface area (Å²) in [5.74, 6) is 0.718. The zero-order valence-corrected chi connectivity index (χ0v) is 23.3. The minimum Gasteiger partial charge on any atom is -0.497 e. The summed E-state index contributed by atoms with van der Waals surface area (Å²) in [6.45, 7) is 2.02. The number of amides is 1. The molecule has 4 aromatic carbocycles. The predicted octanol–water partition coefficient (Wildman–Crippen LogP) is 6.52. The molecule has 2 aliphatic carbocycles. The Hall–Kier alpha value is -4.16. The fourth-order valence-corrected chi connectivity index (χ4v) is 6.70. The Labute approximate surface area is 240 Å². The van der Waals surface area contributed by atoms with E-state index in [0.717, 1.165) is 35.9 Å². The van der Waals surface area contributed by atoms with Gasteiger partial charge >= 0.3 is 6.09 Å². The Morgan fingerprint density at radius 1 is 0.829 bits per heavy atom. The highest BCUT2D eigenvalue weighted by Crippen LogP contribution is 2.44. The number of hydrogen-bond acceptors (Lipinski definition) is 5. The molecule has 1 saturated heterocycles. The van der Waals surface area contributed by atoms with Gasteiger partial charge in [0.15, 0.2) is 5.78 Å². The van der Waals surface area contributed by atoms with Crippen molar-refractivity contribution < 1.29 is 19.1 Å². The second kappa shape index (κ2) is 10.7.